The number of carboxylic acids is 1. The van der Waals surface area contributed by atoms with Gasteiger partial charge in [0, 0.05) is 23.4 Å². The third-order valence-corrected chi connectivity index (χ3v) is 3.66. The van der Waals surface area contributed by atoms with Crippen molar-refractivity contribution < 1.29 is 9.90 Å². The highest BCUT2D eigenvalue weighted by Crippen LogP contribution is 2.22. The van der Waals surface area contributed by atoms with E-state index in [0.717, 1.165) is 28.3 Å². The van der Waals surface area contributed by atoms with E-state index in [4.69, 9.17) is 5.11 Å². The molecule has 1 atom stereocenters. The Bertz CT molecular complexity index is 640. The Morgan fingerprint density at radius 1 is 1.10 bits per heavy atom. The van der Waals surface area contributed by atoms with Gasteiger partial charge < -0.3 is 5.11 Å². The van der Waals surface area contributed by atoms with Gasteiger partial charge in [-0.1, -0.05) is 29.8 Å². The molecule has 0 fully saturated rings. The van der Waals surface area contributed by atoms with Crippen LogP contribution in [0.4, 0.5) is 0 Å². The van der Waals surface area contributed by atoms with E-state index in [2.05, 4.69) is 41.2 Å². The van der Waals surface area contributed by atoms with Gasteiger partial charge in [-0.05, 0) is 33.3 Å². The number of aromatic nitrogens is 2. The van der Waals surface area contributed by atoms with Crippen molar-refractivity contribution in [2.75, 3.05) is 0 Å². The van der Waals surface area contributed by atoms with Crippen molar-refractivity contribution in [3.63, 3.8) is 0 Å². The van der Waals surface area contributed by atoms with Crippen LogP contribution < -0.4 is 0 Å². The van der Waals surface area contributed by atoms with Gasteiger partial charge in [0.1, 0.15) is 5.82 Å². The largest absolute Gasteiger partial charge is 0.481 e. The maximum Gasteiger partial charge on any atom is 0.310 e. The van der Waals surface area contributed by atoms with Crippen LogP contribution in [0, 0.1) is 20.8 Å². The lowest BCUT2D eigenvalue weighted by Crippen LogP contribution is -2.14. The average molecular weight is 284 g/mol. The minimum absolute atomic E-state index is 0.585. The molecule has 4 nitrogen and oxygen atoms in total. The summed E-state index contributed by atoms with van der Waals surface area (Å²) in [4.78, 5) is 20.1. The third-order valence-electron chi connectivity index (χ3n) is 3.66. The van der Waals surface area contributed by atoms with Gasteiger partial charge in [0.25, 0.3) is 0 Å². The molecular weight excluding hydrogens is 264 g/mol. The smallest absolute Gasteiger partial charge is 0.310 e. The minimum Gasteiger partial charge on any atom is -0.481 e. The van der Waals surface area contributed by atoms with Gasteiger partial charge >= 0.3 is 5.97 Å². The Morgan fingerprint density at radius 3 is 2.10 bits per heavy atom. The molecular formula is C17H20N2O2. The van der Waals surface area contributed by atoms with Gasteiger partial charge in [-0.15, -0.1) is 0 Å². The van der Waals surface area contributed by atoms with E-state index >= 15 is 0 Å². The number of carbonyl (C=O) groups is 1. The minimum atomic E-state index is -0.851. The topological polar surface area (TPSA) is 63.1 Å². The van der Waals surface area contributed by atoms with Crippen LogP contribution in [0.15, 0.2) is 24.3 Å². The van der Waals surface area contributed by atoms with Crippen LogP contribution in [0.2, 0.25) is 0 Å². The SMILES string of the molecule is Cc1ccc(Cc2nc(C)c(C(C)C(=O)O)c(C)n2)cc1. The molecule has 0 bridgehead atoms. The first-order chi connectivity index (χ1) is 9.88. The van der Waals surface area contributed by atoms with E-state index in [9.17, 15) is 4.79 Å². The molecule has 4 heteroatoms. The van der Waals surface area contributed by atoms with Crippen molar-refractivity contribution in [2.45, 2.75) is 40.0 Å². The zero-order valence-corrected chi connectivity index (χ0v) is 12.8. The molecule has 0 aliphatic heterocycles. The van der Waals surface area contributed by atoms with Crippen LogP contribution >= 0.6 is 0 Å². The number of aliphatic carboxylic acids is 1. The monoisotopic (exact) mass is 284 g/mol. The Balaban J connectivity index is 2.31. The molecule has 1 unspecified atom stereocenters. The number of aryl methyl sites for hydroxylation is 3. The lowest BCUT2D eigenvalue weighted by atomic mass is 9.98. The van der Waals surface area contributed by atoms with Crippen LogP contribution in [0.1, 0.15) is 46.7 Å². The number of nitrogens with zero attached hydrogens (tertiary/aromatic N) is 2. The second-order valence-electron chi connectivity index (χ2n) is 5.45. The van der Waals surface area contributed by atoms with Crippen molar-refractivity contribution >= 4 is 5.97 Å². The maximum absolute atomic E-state index is 11.2. The van der Waals surface area contributed by atoms with Crippen molar-refractivity contribution in [1.29, 1.82) is 0 Å². The van der Waals surface area contributed by atoms with Gasteiger partial charge in [-0.2, -0.15) is 0 Å². The lowest BCUT2D eigenvalue weighted by Gasteiger charge is -2.14. The van der Waals surface area contributed by atoms with Crippen molar-refractivity contribution in [2.24, 2.45) is 0 Å². The molecule has 2 rings (SSSR count). The summed E-state index contributed by atoms with van der Waals surface area (Å²) in [6.07, 6.45) is 0.656. The summed E-state index contributed by atoms with van der Waals surface area (Å²) in [6.45, 7) is 7.42. The molecule has 0 saturated carbocycles. The Morgan fingerprint density at radius 2 is 1.62 bits per heavy atom. The van der Waals surface area contributed by atoms with Crippen LogP contribution in [0.3, 0.4) is 0 Å². The van der Waals surface area contributed by atoms with E-state index in [-0.39, 0.29) is 0 Å². The fraction of sp³-hybridized carbons (Fsp3) is 0.353. The third kappa shape index (κ3) is 3.45. The second kappa shape index (κ2) is 6.04. The number of rotatable bonds is 4. The molecule has 2 aromatic rings. The highest BCUT2D eigenvalue weighted by Gasteiger charge is 2.20. The number of benzene rings is 1. The predicted molar refractivity (Wildman–Crippen MR) is 81.5 cm³/mol. The van der Waals surface area contributed by atoms with Crippen LogP contribution in [-0.2, 0) is 11.2 Å². The molecule has 0 saturated heterocycles. The summed E-state index contributed by atoms with van der Waals surface area (Å²) in [5.74, 6) is -0.704. The Hall–Kier alpha value is -2.23. The Kier molecular flexibility index (Phi) is 4.36. The van der Waals surface area contributed by atoms with Crippen molar-refractivity contribution in [1.82, 2.24) is 9.97 Å². The van der Waals surface area contributed by atoms with Crippen LogP contribution in [0.5, 0.6) is 0 Å². The molecule has 21 heavy (non-hydrogen) atoms. The molecule has 1 heterocycles. The zero-order chi connectivity index (χ0) is 15.6. The van der Waals surface area contributed by atoms with E-state index < -0.39 is 11.9 Å². The van der Waals surface area contributed by atoms with Crippen molar-refractivity contribution in [3.05, 3.63) is 58.2 Å². The van der Waals surface area contributed by atoms with Gasteiger partial charge in [-0.25, -0.2) is 9.97 Å². The fourth-order valence-electron chi connectivity index (χ4n) is 2.51. The summed E-state index contributed by atoms with van der Waals surface area (Å²) >= 11 is 0. The van der Waals surface area contributed by atoms with Crippen LogP contribution in [0.25, 0.3) is 0 Å². The van der Waals surface area contributed by atoms with Gasteiger partial charge in [0.2, 0.25) is 0 Å². The quantitative estimate of drug-likeness (QED) is 0.936. The summed E-state index contributed by atoms with van der Waals surface area (Å²) in [7, 11) is 0. The molecule has 0 amide bonds. The first-order valence-corrected chi connectivity index (χ1v) is 7.01. The van der Waals surface area contributed by atoms with E-state index in [0.29, 0.717) is 6.42 Å². The zero-order valence-electron chi connectivity index (χ0n) is 12.8. The normalized spacial score (nSPS) is 12.2. The first kappa shape index (κ1) is 15.2. The maximum atomic E-state index is 11.2. The summed E-state index contributed by atoms with van der Waals surface area (Å²) in [5.41, 5.74) is 4.59. The van der Waals surface area contributed by atoms with E-state index in [1.165, 1.54) is 5.56 Å². The highest BCUT2D eigenvalue weighted by molar-refractivity contribution is 5.76. The van der Waals surface area contributed by atoms with E-state index in [1.807, 2.05) is 13.8 Å². The first-order valence-electron chi connectivity index (χ1n) is 7.01. The molecule has 1 aromatic carbocycles. The predicted octanol–water partition coefficient (Wildman–Crippen LogP) is 3.18. The summed E-state index contributed by atoms with van der Waals surface area (Å²) < 4.78 is 0. The van der Waals surface area contributed by atoms with Gasteiger partial charge in [0.05, 0.1) is 5.92 Å². The fourth-order valence-corrected chi connectivity index (χ4v) is 2.51. The number of carboxylic acid groups (broad SMARTS) is 1. The van der Waals surface area contributed by atoms with E-state index in [1.54, 1.807) is 6.92 Å². The molecule has 110 valence electrons. The second-order valence-corrected chi connectivity index (χ2v) is 5.45. The summed E-state index contributed by atoms with van der Waals surface area (Å²) in [6, 6.07) is 8.26. The average Bonchev–Trinajstić information content (AvgIpc) is 2.40. The highest BCUT2D eigenvalue weighted by atomic mass is 16.4. The molecule has 0 spiro atoms. The molecule has 0 radical (unpaired) electrons. The summed E-state index contributed by atoms with van der Waals surface area (Å²) in [5, 5.41) is 9.16. The number of hydrogen-bond donors (Lipinski definition) is 1. The number of hydrogen-bond acceptors (Lipinski definition) is 3. The molecule has 0 aliphatic carbocycles. The van der Waals surface area contributed by atoms with Crippen LogP contribution in [-0.4, -0.2) is 21.0 Å². The standard InChI is InChI=1S/C17H20N2O2/c1-10-5-7-14(8-6-10)9-15-18-12(3)16(13(4)19-15)11(2)17(20)21/h5-8,11H,9H2,1-4H3,(H,20,21). The van der Waals surface area contributed by atoms with Gasteiger partial charge in [0.15, 0.2) is 0 Å². The lowest BCUT2D eigenvalue weighted by molar-refractivity contribution is -0.138. The van der Waals surface area contributed by atoms with Crippen molar-refractivity contribution in [3.8, 4) is 0 Å². The Labute approximate surface area is 124 Å². The molecule has 0 aliphatic rings. The molecule has 1 N–H and O–H groups in total. The van der Waals surface area contributed by atoms with Gasteiger partial charge in [-0.3, -0.25) is 4.79 Å². The molecule has 1 aromatic heterocycles.